The van der Waals surface area contributed by atoms with Crippen LogP contribution in [-0.2, 0) is 0 Å². The molecule has 0 atom stereocenters. The number of anilines is 1. The van der Waals surface area contributed by atoms with Gasteiger partial charge in [-0.15, -0.1) is 0 Å². The summed E-state index contributed by atoms with van der Waals surface area (Å²) in [7, 11) is 0. The van der Waals surface area contributed by atoms with Gasteiger partial charge >= 0.3 is 12.0 Å². The molecule has 0 aromatic heterocycles. The Balaban J connectivity index is 2.65. The Morgan fingerprint density at radius 3 is 2.62 bits per heavy atom. The number of carboxylic acids is 1. The molecule has 1 aromatic carbocycles. The normalized spacial score (nSPS) is 10.2. The minimum absolute atomic E-state index is 0.0220. The van der Waals surface area contributed by atoms with E-state index in [9.17, 15) is 14.7 Å². The van der Waals surface area contributed by atoms with E-state index in [0.29, 0.717) is 15.5 Å². The Labute approximate surface area is 144 Å². The maximum absolute atomic E-state index is 11.8. The van der Waals surface area contributed by atoms with Gasteiger partial charge in [-0.2, -0.15) is 11.8 Å². The highest BCUT2D eigenvalue weighted by Gasteiger charge is 2.16. The van der Waals surface area contributed by atoms with Crippen molar-refractivity contribution in [1.29, 1.82) is 0 Å². The van der Waals surface area contributed by atoms with Crippen LogP contribution < -0.4 is 10.6 Å². The molecule has 1 rings (SSSR count). The molecule has 0 aliphatic heterocycles. The zero-order valence-corrected chi connectivity index (χ0v) is 15.4. The molecule has 8 heteroatoms. The summed E-state index contributed by atoms with van der Waals surface area (Å²) >= 11 is 8.25. The van der Waals surface area contributed by atoms with Gasteiger partial charge in [0.05, 0.1) is 11.3 Å². The number of amides is 2. The van der Waals surface area contributed by atoms with E-state index in [1.165, 1.54) is 6.07 Å². The highest BCUT2D eigenvalue weighted by molar-refractivity contribution is 9.11. The van der Waals surface area contributed by atoms with Gasteiger partial charge in [0.15, 0.2) is 0 Å². The average Bonchev–Trinajstić information content (AvgIpc) is 2.41. The number of thioether (sulfide) groups is 1. The first-order valence-corrected chi connectivity index (χ1v) is 9.19. The lowest BCUT2D eigenvalue weighted by atomic mass is 10.2. The lowest BCUT2D eigenvalue weighted by molar-refractivity contribution is 0.0698. The van der Waals surface area contributed by atoms with Gasteiger partial charge in [-0.25, -0.2) is 9.59 Å². The summed E-state index contributed by atoms with van der Waals surface area (Å²) in [4.78, 5) is 23.0. The Morgan fingerprint density at radius 2 is 2.00 bits per heavy atom. The fraction of sp³-hybridized carbons (Fsp3) is 0.385. The van der Waals surface area contributed by atoms with Crippen molar-refractivity contribution in [2.45, 2.75) is 12.8 Å². The van der Waals surface area contributed by atoms with Gasteiger partial charge in [-0.05, 0) is 52.9 Å². The van der Waals surface area contributed by atoms with Crippen molar-refractivity contribution < 1.29 is 14.7 Å². The number of rotatable bonds is 7. The number of halogens is 2. The molecule has 3 N–H and O–H groups in total. The molecule has 0 saturated heterocycles. The monoisotopic (exact) mass is 438 g/mol. The molecule has 1 aromatic rings. The van der Waals surface area contributed by atoms with E-state index in [0.717, 1.165) is 18.6 Å². The molecule has 0 heterocycles. The maximum atomic E-state index is 11.8. The van der Waals surface area contributed by atoms with Crippen molar-refractivity contribution in [3.63, 3.8) is 0 Å². The highest BCUT2D eigenvalue weighted by Crippen LogP contribution is 2.30. The number of aromatic carboxylic acids is 1. The van der Waals surface area contributed by atoms with Crippen molar-refractivity contribution in [3.8, 4) is 0 Å². The fourth-order valence-corrected chi connectivity index (χ4v) is 3.42. The maximum Gasteiger partial charge on any atom is 0.337 e. The number of carbonyl (C=O) groups excluding carboxylic acids is 1. The summed E-state index contributed by atoms with van der Waals surface area (Å²) in [5.74, 6) is -0.0441. The molecule has 0 fully saturated rings. The lowest BCUT2D eigenvalue weighted by Gasteiger charge is -2.12. The van der Waals surface area contributed by atoms with E-state index in [1.807, 2.05) is 6.26 Å². The summed E-state index contributed by atoms with van der Waals surface area (Å²) in [6, 6.07) is 2.71. The van der Waals surface area contributed by atoms with E-state index in [1.54, 1.807) is 17.8 Å². The molecular formula is C13H16Br2N2O3S. The molecule has 0 saturated carbocycles. The number of urea groups is 1. The number of nitrogens with one attached hydrogen (secondary N) is 2. The number of benzene rings is 1. The van der Waals surface area contributed by atoms with E-state index < -0.39 is 12.0 Å². The Bertz CT molecular complexity index is 526. The van der Waals surface area contributed by atoms with E-state index in [4.69, 9.17) is 0 Å². The van der Waals surface area contributed by atoms with Crippen LogP contribution in [0.25, 0.3) is 0 Å². The summed E-state index contributed by atoms with van der Waals surface area (Å²) in [6.07, 6.45) is 3.96. The molecule has 0 bridgehead atoms. The van der Waals surface area contributed by atoms with E-state index in [2.05, 4.69) is 42.5 Å². The van der Waals surface area contributed by atoms with E-state index >= 15 is 0 Å². The van der Waals surface area contributed by atoms with Crippen LogP contribution in [0.5, 0.6) is 0 Å². The molecule has 0 radical (unpaired) electrons. The van der Waals surface area contributed by atoms with Gasteiger partial charge in [0.2, 0.25) is 0 Å². The third kappa shape index (κ3) is 6.27. The zero-order chi connectivity index (χ0) is 15.8. The molecule has 0 spiro atoms. The Hall–Kier alpha value is -0.730. The van der Waals surface area contributed by atoms with Crippen molar-refractivity contribution >= 4 is 61.3 Å². The topological polar surface area (TPSA) is 78.4 Å². The number of hydrogen-bond donors (Lipinski definition) is 3. The Morgan fingerprint density at radius 1 is 1.29 bits per heavy atom. The molecule has 2 amide bonds. The van der Waals surface area contributed by atoms with Crippen molar-refractivity contribution in [1.82, 2.24) is 5.32 Å². The van der Waals surface area contributed by atoms with Crippen LogP contribution in [0.2, 0.25) is 0 Å². The Kier molecular flexibility index (Phi) is 8.13. The first-order chi connectivity index (χ1) is 9.95. The first-order valence-electron chi connectivity index (χ1n) is 6.21. The van der Waals surface area contributed by atoms with Crippen LogP contribution in [0.4, 0.5) is 10.5 Å². The largest absolute Gasteiger partial charge is 0.478 e. The van der Waals surface area contributed by atoms with Crippen molar-refractivity contribution in [3.05, 3.63) is 26.6 Å². The molecule has 5 nitrogen and oxygen atoms in total. The predicted molar refractivity (Wildman–Crippen MR) is 93.4 cm³/mol. The summed E-state index contributed by atoms with van der Waals surface area (Å²) in [5.41, 5.74) is 0.265. The van der Waals surface area contributed by atoms with Crippen LogP contribution in [0.3, 0.4) is 0 Å². The van der Waals surface area contributed by atoms with Crippen LogP contribution in [0.1, 0.15) is 23.2 Å². The number of carbonyl (C=O) groups is 2. The lowest BCUT2D eigenvalue weighted by Crippen LogP contribution is -2.30. The smallest absolute Gasteiger partial charge is 0.337 e. The summed E-state index contributed by atoms with van der Waals surface area (Å²) in [5, 5.41) is 14.5. The van der Waals surface area contributed by atoms with Gasteiger partial charge in [0.1, 0.15) is 0 Å². The third-order valence-corrected chi connectivity index (χ3v) is 4.36. The van der Waals surface area contributed by atoms with Crippen molar-refractivity contribution in [2.24, 2.45) is 0 Å². The van der Waals surface area contributed by atoms with Gasteiger partial charge in [0.25, 0.3) is 0 Å². The van der Waals surface area contributed by atoms with Crippen LogP contribution in [-0.4, -0.2) is 35.7 Å². The molecule has 116 valence electrons. The number of carboxylic acid groups (broad SMARTS) is 1. The second-order valence-electron chi connectivity index (χ2n) is 4.20. The van der Waals surface area contributed by atoms with Gasteiger partial charge in [0, 0.05) is 15.5 Å². The fourth-order valence-electron chi connectivity index (χ4n) is 1.60. The van der Waals surface area contributed by atoms with Crippen LogP contribution >= 0.6 is 43.6 Å². The van der Waals surface area contributed by atoms with Crippen LogP contribution in [0, 0.1) is 0 Å². The molecule has 0 aliphatic rings. The van der Waals surface area contributed by atoms with E-state index in [-0.39, 0.29) is 11.3 Å². The van der Waals surface area contributed by atoms with Gasteiger partial charge < -0.3 is 15.7 Å². The van der Waals surface area contributed by atoms with Gasteiger partial charge in [-0.1, -0.05) is 15.9 Å². The number of hydrogen-bond acceptors (Lipinski definition) is 3. The molecule has 0 unspecified atom stereocenters. The zero-order valence-electron chi connectivity index (χ0n) is 11.4. The van der Waals surface area contributed by atoms with Gasteiger partial charge in [-0.3, -0.25) is 0 Å². The van der Waals surface area contributed by atoms with Crippen LogP contribution in [0.15, 0.2) is 21.1 Å². The second-order valence-corrected chi connectivity index (χ2v) is 6.95. The standard InChI is InChI=1S/C13H16Br2N2O3S/c1-21-5-3-2-4-16-13(20)17-11-9(12(18)19)6-8(14)7-10(11)15/h6-7H,2-5H2,1H3,(H,18,19)(H2,16,17,20). The SMILES string of the molecule is CSCCCCNC(=O)Nc1c(Br)cc(Br)cc1C(=O)O. The minimum atomic E-state index is -1.10. The third-order valence-electron chi connectivity index (χ3n) is 2.58. The second kappa shape index (κ2) is 9.32. The van der Waals surface area contributed by atoms with Crippen molar-refractivity contribution in [2.75, 3.05) is 23.9 Å². The first kappa shape index (κ1) is 18.3. The summed E-state index contributed by atoms with van der Waals surface area (Å²) in [6.45, 7) is 0.558. The minimum Gasteiger partial charge on any atom is -0.478 e. The molecule has 0 aliphatic carbocycles. The molecular weight excluding hydrogens is 424 g/mol. The number of unbranched alkanes of at least 4 members (excludes halogenated alkanes) is 1. The summed E-state index contributed by atoms with van der Waals surface area (Å²) < 4.78 is 1.13. The quantitative estimate of drug-likeness (QED) is 0.557. The predicted octanol–water partition coefficient (Wildman–Crippen LogP) is 4.17. The highest BCUT2D eigenvalue weighted by atomic mass is 79.9. The molecule has 21 heavy (non-hydrogen) atoms. The average molecular weight is 440 g/mol.